The van der Waals surface area contributed by atoms with Crippen LogP contribution in [0.25, 0.3) is 0 Å². The standard InChI is InChI=1S/C15H3F25O4/c16-1(2(41)42)4(17,18)6(21,22)8(25,26)10(29,30)12(33,34)14(37,38)15(39,40)13(35,36)11(31,32)9(27,28)7(23,24)5(19,20)3(43)44/h1H,(H,41,42)(H,43,44). The van der Waals surface area contributed by atoms with Crippen molar-refractivity contribution >= 4 is 11.9 Å². The molecule has 0 saturated carbocycles. The highest BCUT2D eigenvalue weighted by Gasteiger charge is 3.00. The minimum Gasteiger partial charge on any atom is -0.479 e. The number of hydrogen-bond acceptors (Lipinski definition) is 2. The molecule has 29 heteroatoms. The van der Waals surface area contributed by atoms with Gasteiger partial charge >= 0.3 is 83.0 Å². The summed E-state index contributed by atoms with van der Waals surface area (Å²) in [6.07, 6.45) is -5.91. The predicted molar refractivity (Wildman–Crippen MR) is 79.5 cm³/mol. The first-order chi connectivity index (χ1) is 18.5. The third kappa shape index (κ3) is 4.54. The number of aliphatic carboxylic acids is 2. The van der Waals surface area contributed by atoms with E-state index < -0.39 is 89.2 Å². The number of hydrogen-bond donors (Lipinski definition) is 2. The van der Waals surface area contributed by atoms with Crippen LogP contribution in [0.2, 0.25) is 0 Å². The van der Waals surface area contributed by atoms with Crippen molar-refractivity contribution in [2.75, 3.05) is 0 Å². The van der Waals surface area contributed by atoms with Gasteiger partial charge < -0.3 is 10.2 Å². The quantitative estimate of drug-likeness (QED) is 0.188. The molecule has 0 aliphatic carbocycles. The molecule has 0 fully saturated rings. The first kappa shape index (κ1) is 41.2. The SMILES string of the molecule is O=C(O)C(F)C(F)(F)C(F)(F)C(F)(F)C(F)(F)C(F)(F)C(F)(F)C(F)(F)C(F)(F)C(F)(F)C(F)(F)C(F)(F)C(F)(F)C(=O)O. The average molecular weight is 722 g/mol. The van der Waals surface area contributed by atoms with Crippen LogP contribution >= 0.6 is 0 Å². The fraction of sp³-hybridized carbons (Fsp3) is 0.867. The molecule has 0 rings (SSSR count). The van der Waals surface area contributed by atoms with Gasteiger partial charge in [-0.05, 0) is 0 Å². The molecular weight excluding hydrogens is 719 g/mol. The smallest absolute Gasteiger partial charge is 0.410 e. The van der Waals surface area contributed by atoms with Crippen LogP contribution in [0.4, 0.5) is 110 Å². The van der Waals surface area contributed by atoms with Crippen LogP contribution in [0.3, 0.4) is 0 Å². The number of carboxylic acids is 2. The molecule has 0 saturated heterocycles. The predicted octanol–water partition coefficient (Wildman–Crippen LogP) is 7.12. The van der Waals surface area contributed by atoms with E-state index in [2.05, 4.69) is 0 Å². The monoisotopic (exact) mass is 722 g/mol. The lowest BCUT2D eigenvalue weighted by atomic mass is 9.83. The van der Waals surface area contributed by atoms with Crippen molar-refractivity contribution in [3.05, 3.63) is 0 Å². The Morgan fingerprint density at radius 1 is 0.364 bits per heavy atom. The average Bonchev–Trinajstić information content (AvgIpc) is 2.81. The van der Waals surface area contributed by atoms with E-state index in [1.807, 2.05) is 0 Å². The van der Waals surface area contributed by atoms with Gasteiger partial charge in [0.1, 0.15) is 0 Å². The van der Waals surface area contributed by atoms with Gasteiger partial charge in [-0.1, -0.05) is 0 Å². The van der Waals surface area contributed by atoms with E-state index >= 15 is 0 Å². The Labute approximate surface area is 220 Å². The Morgan fingerprint density at radius 3 is 0.727 bits per heavy atom. The topological polar surface area (TPSA) is 74.6 Å². The summed E-state index contributed by atoms with van der Waals surface area (Å²) in [5.74, 6) is -119. The lowest BCUT2D eigenvalue weighted by Gasteiger charge is -2.45. The van der Waals surface area contributed by atoms with Crippen molar-refractivity contribution in [1.29, 1.82) is 0 Å². The Hall–Kier alpha value is -2.81. The van der Waals surface area contributed by atoms with Crippen molar-refractivity contribution in [1.82, 2.24) is 0 Å². The van der Waals surface area contributed by atoms with E-state index in [9.17, 15) is 119 Å². The summed E-state index contributed by atoms with van der Waals surface area (Å²) in [6.45, 7) is 0. The Morgan fingerprint density at radius 2 is 0.545 bits per heavy atom. The maximum atomic E-state index is 13.6. The van der Waals surface area contributed by atoms with Gasteiger partial charge in [0.25, 0.3) is 6.17 Å². The zero-order valence-corrected chi connectivity index (χ0v) is 18.7. The molecule has 0 aromatic heterocycles. The van der Waals surface area contributed by atoms with Crippen LogP contribution in [0, 0.1) is 0 Å². The molecule has 0 bridgehead atoms. The summed E-state index contributed by atoms with van der Waals surface area (Å²) in [7, 11) is 0. The number of rotatable bonds is 14. The molecular formula is C15H3F25O4. The molecule has 44 heavy (non-hydrogen) atoms. The van der Waals surface area contributed by atoms with Crippen LogP contribution in [-0.4, -0.2) is 99.4 Å². The second-order valence-electron chi connectivity index (χ2n) is 7.95. The van der Waals surface area contributed by atoms with E-state index in [-0.39, 0.29) is 0 Å². The van der Waals surface area contributed by atoms with Crippen LogP contribution in [0.5, 0.6) is 0 Å². The summed E-state index contributed by atoms with van der Waals surface area (Å²) in [5, 5.41) is 15.4. The molecule has 0 radical (unpaired) electrons. The molecule has 1 unspecified atom stereocenters. The normalized spacial score (nSPS) is 17.0. The highest BCUT2D eigenvalue weighted by Crippen LogP contribution is 2.67. The third-order valence-corrected chi connectivity index (χ3v) is 5.17. The Kier molecular flexibility index (Phi) is 9.45. The highest BCUT2D eigenvalue weighted by molar-refractivity contribution is 5.77. The summed E-state index contributed by atoms with van der Waals surface area (Å²) in [5.41, 5.74) is 0. The maximum absolute atomic E-state index is 13.6. The van der Waals surface area contributed by atoms with Crippen molar-refractivity contribution in [3.8, 4) is 0 Å². The minimum atomic E-state index is -9.78. The van der Waals surface area contributed by atoms with Crippen molar-refractivity contribution in [2.45, 2.75) is 77.2 Å². The summed E-state index contributed by atoms with van der Waals surface area (Å²) in [4.78, 5) is 19.9. The fourth-order valence-corrected chi connectivity index (χ4v) is 2.43. The largest absolute Gasteiger partial charge is 0.479 e. The van der Waals surface area contributed by atoms with Gasteiger partial charge in [-0.2, -0.15) is 105 Å². The van der Waals surface area contributed by atoms with E-state index in [0.29, 0.717) is 0 Å². The van der Waals surface area contributed by atoms with Gasteiger partial charge in [0.15, 0.2) is 0 Å². The third-order valence-electron chi connectivity index (χ3n) is 5.17. The molecule has 0 aliphatic rings. The van der Waals surface area contributed by atoms with Gasteiger partial charge in [-0.3, -0.25) is 0 Å². The molecule has 0 heterocycles. The van der Waals surface area contributed by atoms with Crippen molar-refractivity contribution < 1.29 is 130 Å². The lowest BCUT2D eigenvalue weighted by molar-refractivity contribution is -0.478. The zero-order chi connectivity index (χ0) is 36.7. The van der Waals surface area contributed by atoms with Crippen molar-refractivity contribution in [3.63, 3.8) is 0 Å². The summed E-state index contributed by atoms with van der Waals surface area (Å²) >= 11 is 0. The molecule has 262 valence electrons. The Bertz CT molecular complexity index is 1120. The number of alkyl halides is 25. The van der Waals surface area contributed by atoms with Gasteiger partial charge in [0.05, 0.1) is 0 Å². The van der Waals surface area contributed by atoms with Crippen LogP contribution in [0.1, 0.15) is 0 Å². The first-order valence-electron chi connectivity index (χ1n) is 9.19. The zero-order valence-electron chi connectivity index (χ0n) is 18.7. The minimum absolute atomic E-state index is 4.05. The van der Waals surface area contributed by atoms with Crippen molar-refractivity contribution in [2.24, 2.45) is 0 Å². The molecule has 0 aliphatic heterocycles. The van der Waals surface area contributed by atoms with Crippen LogP contribution in [0.15, 0.2) is 0 Å². The molecule has 1 atom stereocenters. The molecule has 0 amide bonds. The maximum Gasteiger partial charge on any atom is 0.410 e. The second kappa shape index (κ2) is 10.1. The van der Waals surface area contributed by atoms with E-state index in [1.165, 1.54) is 0 Å². The van der Waals surface area contributed by atoms with E-state index in [4.69, 9.17) is 10.2 Å². The number of carbonyl (C=O) groups is 2. The van der Waals surface area contributed by atoms with Gasteiger partial charge in [-0.15, -0.1) is 0 Å². The second-order valence-corrected chi connectivity index (χ2v) is 7.95. The molecule has 0 aromatic rings. The number of carboxylic acid groups (broad SMARTS) is 2. The molecule has 0 spiro atoms. The lowest BCUT2D eigenvalue weighted by Crippen LogP contribution is -2.79. The molecule has 2 N–H and O–H groups in total. The van der Waals surface area contributed by atoms with Crippen LogP contribution in [-0.2, 0) is 9.59 Å². The van der Waals surface area contributed by atoms with Gasteiger partial charge in [0, 0.05) is 0 Å². The fourth-order valence-electron chi connectivity index (χ4n) is 2.43. The highest BCUT2D eigenvalue weighted by atomic mass is 19.4. The van der Waals surface area contributed by atoms with E-state index in [1.54, 1.807) is 0 Å². The van der Waals surface area contributed by atoms with E-state index in [0.717, 1.165) is 0 Å². The molecule has 4 nitrogen and oxygen atoms in total. The molecule has 0 aromatic carbocycles. The van der Waals surface area contributed by atoms with Gasteiger partial charge in [-0.25, -0.2) is 14.0 Å². The first-order valence-corrected chi connectivity index (χ1v) is 9.19. The van der Waals surface area contributed by atoms with Crippen LogP contribution < -0.4 is 0 Å². The van der Waals surface area contributed by atoms with Gasteiger partial charge in [0.2, 0.25) is 0 Å². The summed E-state index contributed by atoms with van der Waals surface area (Å²) < 4.78 is 335. The number of halogens is 25. The Balaban J connectivity index is 7.48. The summed E-state index contributed by atoms with van der Waals surface area (Å²) in [6, 6.07) is 0.